The van der Waals surface area contributed by atoms with Crippen molar-refractivity contribution in [3.8, 4) is 0 Å². The Morgan fingerprint density at radius 3 is 3.00 bits per heavy atom. The summed E-state index contributed by atoms with van der Waals surface area (Å²) >= 11 is 0. The van der Waals surface area contributed by atoms with E-state index >= 15 is 0 Å². The van der Waals surface area contributed by atoms with E-state index in [-0.39, 0.29) is 18.1 Å². The standard InChI is InChI=1S/C17H22N6O2/c1-4-10-7-11(25-17(24)22(2)3)8-12(10)16-21-20-14-9-19-15-13(23(14)16)5-6-18-15/h5-6,9-12,18H,4,7-8H2,1-3H3/t10-,11+,12+/m1/s1. The van der Waals surface area contributed by atoms with Crippen LogP contribution in [0.1, 0.15) is 37.9 Å². The second-order valence-electron chi connectivity index (χ2n) is 6.87. The topological polar surface area (TPSA) is 88.4 Å². The first-order valence-corrected chi connectivity index (χ1v) is 8.63. The minimum absolute atomic E-state index is 0.0826. The Kier molecular flexibility index (Phi) is 3.82. The van der Waals surface area contributed by atoms with Crippen LogP contribution in [0.2, 0.25) is 0 Å². The van der Waals surface area contributed by atoms with Gasteiger partial charge in [-0.2, -0.15) is 0 Å². The number of hydrogen-bond acceptors (Lipinski definition) is 5. The van der Waals surface area contributed by atoms with E-state index in [2.05, 4.69) is 31.5 Å². The number of carbonyl (C=O) groups is 1. The van der Waals surface area contributed by atoms with E-state index in [9.17, 15) is 4.79 Å². The molecule has 0 saturated heterocycles. The van der Waals surface area contributed by atoms with Crippen molar-refractivity contribution in [2.45, 2.75) is 38.2 Å². The average molecular weight is 342 g/mol. The second kappa shape index (κ2) is 6.02. The van der Waals surface area contributed by atoms with Gasteiger partial charge in [-0.1, -0.05) is 13.3 Å². The van der Waals surface area contributed by atoms with Crippen LogP contribution < -0.4 is 0 Å². The lowest BCUT2D eigenvalue weighted by Crippen LogP contribution is -2.27. The van der Waals surface area contributed by atoms with Crippen LogP contribution in [0.3, 0.4) is 0 Å². The summed E-state index contributed by atoms with van der Waals surface area (Å²) in [6.45, 7) is 2.17. The Morgan fingerprint density at radius 2 is 2.24 bits per heavy atom. The molecule has 132 valence electrons. The number of carbonyl (C=O) groups excluding carboxylic acids is 1. The van der Waals surface area contributed by atoms with Gasteiger partial charge in [0.05, 0.1) is 11.7 Å². The Bertz CT molecular complexity index is 914. The maximum Gasteiger partial charge on any atom is 0.409 e. The van der Waals surface area contributed by atoms with Gasteiger partial charge in [-0.3, -0.25) is 4.40 Å². The number of nitrogens with zero attached hydrogens (tertiary/aromatic N) is 5. The van der Waals surface area contributed by atoms with Crippen LogP contribution in [0.5, 0.6) is 0 Å². The summed E-state index contributed by atoms with van der Waals surface area (Å²) in [7, 11) is 3.40. The Hall–Kier alpha value is -2.64. The Labute approximate surface area is 145 Å². The summed E-state index contributed by atoms with van der Waals surface area (Å²) in [5.41, 5.74) is 2.53. The molecule has 4 rings (SSSR count). The summed E-state index contributed by atoms with van der Waals surface area (Å²) in [4.78, 5) is 20.9. The number of amides is 1. The molecule has 0 spiro atoms. The number of ether oxygens (including phenoxy) is 1. The normalized spacial score (nSPS) is 23.4. The molecule has 3 atom stereocenters. The molecular formula is C17H22N6O2. The third-order valence-corrected chi connectivity index (χ3v) is 5.11. The zero-order chi connectivity index (χ0) is 17.6. The summed E-state index contributed by atoms with van der Waals surface area (Å²) in [5.74, 6) is 1.55. The zero-order valence-electron chi connectivity index (χ0n) is 14.6. The fraction of sp³-hybridized carbons (Fsp3) is 0.529. The molecule has 1 saturated carbocycles. The molecule has 1 amide bonds. The molecule has 1 aliphatic carbocycles. The first-order chi connectivity index (χ1) is 12.1. The minimum Gasteiger partial charge on any atom is -0.446 e. The van der Waals surface area contributed by atoms with Crippen molar-refractivity contribution < 1.29 is 9.53 Å². The number of aromatic amines is 1. The Morgan fingerprint density at radius 1 is 1.40 bits per heavy atom. The molecule has 0 bridgehead atoms. The fourth-order valence-corrected chi connectivity index (χ4v) is 3.82. The monoisotopic (exact) mass is 342 g/mol. The van der Waals surface area contributed by atoms with Crippen molar-refractivity contribution in [2.75, 3.05) is 14.1 Å². The Balaban J connectivity index is 1.70. The lowest BCUT2D eigenvalue weighted by molar-refractivity contribution is 0.0753. The van der Waals surface area contributed by atoms with Gasteiger partial charge in [-0.05, 0) is 24.8 Å². The van der Waals surface area contributed by atoms with Crippen molar-refractivity contribution in [3.63, 3.8) is 0 Å². The van der Waals surface area contributed by atoms with Crippen LogP contribution in [0, 0.1) is 5.92 Å². The van der Waals surface area contributed by atoms with Crippen molar-refractivity contribution in [3.05, 3.63) is 24.3 Å². The number of nitrogens with one attached hydrogen (secondary N) is 1. The predicted molar refractivity (Wildman–Crippen MR) is 92.4 cm³/mol. The van der Waals surface area contributed by atoms with Crippen molar-refractivity contribution in [1.82, 2.24) is 29.5 Å². The third-order valence-electron chi connectivity index (χ3n) is 5.11. The average Bonchev–Trinajstić information content (AvgIpc) is 3.30. The highest BCUT2D eigenvalue weighted by Gasteiger charge is 2.39. The predicted octanol–water partition coefficient (Wildman–Crippen LogP) is 2.58. The second-order valence-corrected chi connectivity index (χ2v) is 6.87. The highest BCUT2D eigenvalue weighted by molar-refractivity contribution is 5.74. The van der Waals surface area contributed by atoms with E-state index in [1.54, 1.807) is 20.3 Å². The molecule has 1 aliphatic rings. The lowest BCUT2D eigenvalue weighted by atomic mass is 9.93. The van der Waals surface area contributed by atoms with Crippen LogP contribution in [0.15, 0.2) is 18.5 Å². The van der Waals surface area contributed by atoms with Crippen molar-refractivity contribution in [2.24, 2.45) is 5.92 Å². The van der Waals surface area contributed by atoms with Gasteiger partial charge in [0, 0.05) is 26.2 Å². The van der Waals surface area contributed by atoms with E-state index in [1.807, 2.05) is 12.3 Å². The molecule has 0 aromatic carbocycles. The van der Waals surface area contributed by atoms with Crippen LogP contribution in [-0.2, 0) is 4.74 Å². The van der Waals surface area contributed by atoms with E-state index in [1.165, 1.54) is 4.90 Å². The summed E-state index contributed by atoms with van der Waals surface area (Å²) in [6.07, 6.45) is 5.87. The highest BCUT2D eigenvalue weighted by Crippen LogP contribution is 2.42. The SMILES string of the molecule is CC[C@@H]1C[C@H](OC(=O)N(C)C)C[C@@H]1c1nnc2cnc3[nH]ccc3n12. The molecule has 8 heteroatoms. The fourth-order valence-electron chi connectivity index (χ4n) is 3.82. The molecular weight excluding hydrogens is 320 g/mol. The molecule has 0 radical (unpaired) electrons. The van der Waals surface area contributed by atoms with Crippen molar-refractivity contribution in [1.29, 1.82) is 0 Å². The number of H-pyrrole nitrogens is 1. The summed E-state index contributed by atoms with van der Waals surface area (Å²) < 4.78 is 7.70. The van der Waals surface area contributed by atoms with E-state index in [0.29, 0.717) is 5.92 Å². The first kappa shape index (κ1) is 15.9. The largest absolute Gasteiger partial charge is 0.446 e. The number of rotatable bonds is 3. The molecule has 8 nitrogen and oxygen atoms in total. The number of aromatic nitrogens is 5. The summed E-state index contributed by atoms with van der Waals surface area (Å²) in [6, 6.07) is 1.99. The minimum atomic E-state index is -0.288. The zero-order valence-corrected chi connectivity index (χ0v) is 14.6. The molecule has 25 heavy (non-hydrogen) atoms. The van der Waals surface area contributed by atoms with Gasteiger partial charge in [0.1, 0.15) is 11.9 Å². The summed E-state index contributed by atoms with van der Waals surface area (Å²) in [5, 5.41) is 8.76. The first-order valence-electron chi connectivity index (χ1n) is 8.63. The van der Waals surface area contributed by atoms with E-state index in [4.69, 9.17) is 4.74 Å². The van der Waals surface area contributed by atoms with E-state index in [0.717, 1.165) is 41.9 Å². The number of hydrogen-bond donors (Lipinski definition) is 1. The van der Waals surface area contributed by atoms with Crippen LogP contribution in [0.25, 0.3) is 16.8 Å². The van der Waals surface area contributed by atoms with Gasteiger partial charge in [-0.25, -0.2) is 9.78 Å². The molecule has 1 N–H and O–H groups in total. The maximum atomic E-state index is 11.9. The van der Waals surface area contributed by atoms with Crippen LogP contribution in [-0.4, -0.2) is 55.8 Å². The van der Waals surface area contributed by atoms with Crippen LogP contribution in [0.4, 0.5) is 4.79 Å². The molecule has 3 heterocycles. The maximum absolute atomic E-state index is 11.9. The van der Waals surface area contributed by atoms with Gasteiger partial charge in [0.15, 0.2) is 11.3 Å². The van der Waals surface area contributed by atoms with Gasteiger partial charge >= 0.3 is 6.09 Å². The smallest absolute Gasteiger partial charge is 0.409 e. The highest BCUT2D eigenvalue weighted by atomic mass is 16.6. The van der Waals surface area contributed by atoms with E-state index < -0.39 is 0 Å². The molecule has 3 aromatic rings. The molecule has 1 fully saturated rings. The molecule has 0 aliphatic heterocycles. The molecule has 0 unspecified atom stereocenters. The number of fused-ring (bicyclic) bond motifs is 3. The quantitative estimate of drug-likeness (QED) is 0.790. The molecule has 3 aromatic heterocycles. The van der Waals surface area contributed by atoms with Crippen molar-refractivity contribution >= 4 is 22.9 Å². The van der Waals surface area contributed by atoms with Crippen LogP contribution >= 0.6 is 0 Å². The van der Waals surface area contributed by atoms with Gasteiger partial charge in [0.2, 0.25) is 0 Å². The van der Waals surface area contributed by atoms with Gasteiger partial charge in [-0.15, -0.1) is 10.2 Å². The third kappa shape index (κ3) is 2.61. The van der Waals surface area contributed by atoms with Gasteiger partial charge < -0.3 is 14.6 Å². The van der Waals surface area contributed by atoms with Gasteiger partial charge in [0.25, 0.3) is 0 Å². The lowest BCUT2D eigenvalue weighted by Gasteiger charge is -2.16.